The molecule has 0 aromatic heterocycles. The third-order valence-corrected chi connectivity index (χ3v) is 21.6. The molecule has 264 valence electrons. The summed E-state index contributed by atoms with van der Waals surface area (Å²) in [6.07, 6.45) is 0. The van der Waals surface area contributed by atoms with Gasteiger partial charge in [0, 0.05) is 0 Å². The molecule has 0 saturated carbocycles. The summed E-state index contributed by atoms with van der Waals surface area (Å²) >= 11 is -3.37. The number of benzene rings is 8. The number of aryl methyl sites for hydroxylation is 4. The van der Waals surface area contributed by atoms with Crippen LogP contribution in [-0.2, 0) is 0 Å². The molecule has 11 rings (SSSR count). The van der Waals surface area contributed by atoms with Crippen LogP contribution in [0.4, 0.5) is 34.1 Å². The van der Waals surface area contributed by atoms with E-state index in [0.29, 0.717) is 0 Å². The molecule has 3 aliphatic heterocycles. The SMILES string of the molecule is Cc1ccc(N2c3cc(C)cc4[c]3[Ge]3([CH3])[c]5c(cc(C)cc5N(c5ccc(-c6cccc(-c7ccccc7)c6)c6ccccc56)c5cc(C)cc2[c]53)O4)cc1. The van der Waals surface area contributed by atoms with Gasteiger partial charge in [-0.25, -0.2) is 0 Å². The Morgan fingerprint density at radius 2 is 0.945 bits per heavy atom. The van der Waals surface area contributed by atoms with E-state index in [4.69, 9.17) is 4.74 Å². The minimum atomic E-state index is -3.37. The van der Waals surface area contributed by atoms with E-state index < -0.39 is 13.3 Å². The van der Waals surface area contributed by atoms with Crippen LogP contribution in [0, 0.1) is 27.7 Å². The Morgan fingerprint density at radius 3 is 1.64 bits per heavy atom. The molecular formula is C51H40GeN2O. The van der Waals surface area contributed by atoms with Gasteiger partial charge in [-0.15, -0.1) is 0 Å². The van der Waals surface area contributed by atoms with Crippen LogP contribution in [0.1, 0.15) is 22.3 Å². The predicted molar refractivity (Wildman–Crippen MR) is 234 cm³/mol. The molecule has 0 saturated heterocycles. The molecule has 3 aliphatic rings. The van der Waals surface area contributed by atoms with Gasteiger partial charge < -0.3 is 0 Å². The van der Waals surface area contributed by atoms with Crippen LogP contribution < -0.4 is 27.7 Å². The van der Waals surface area contributed by atoms with Crippen LogP contribution in [0.2, 0.25) is 5.76 Å². The van der Waals surface area contributed by atoms with E-state index in [0.717, 1.165) is 11.5 Å². The van der Waals surface area contributed by atoms with Gasteiger partial charge in [-0.3, -0.25) is 0 Å². The van der Waals surface area contributed by atoms with Gasteiger partial charge in [0.1, 0.15) is 0 Å². The molecule has 1 atom stereocenters. The summed E-state index contributed by atoms with van der Waals surface area (Å²) < 4.78 is 11.4. The zero-order valence-electron chi connectivity index (χ0n) is 31.7. The Kier molecular flexibility index (Phi) is 6.91. The van der Waals surface area contributed by atoms with Crippen LogP contribution in [0.15, 0.2) is 152 Å². The maximum atomic E-state index is 7.09. The Labute approximate surface area is 325 Å². The topological polar surface area (TPSA) is 15.7 Å². The second kappa shape index (κ2) is 11.7. The fraction of sp³-hybridized carbons (Fsp3) is 0.0980. The normalized spacial score (nSPS) is 15.9. The monoisotopic (exact) mass is 770 g/mol. The van der Waals surface area contributed by atoms with Gasteiger partial charge in [0.2, 0.25) is 0 Å². The van der Waals surface area contributed by atoms with Gasteiger partial charge in [-0.05, 0) is 0 Å². The van der Waals surface area contributed by atoms with Crippen LogP contribution in [-0.4, -0.2) is 13.3 Å². The number of fused-ring (bicyclic) bond motifs is 1. The summed E-state index contributed by atoms with van der Waals surface area (Å²) in [4.78, 5) is 5.11. The van der Waals surface area contributed by atoms with Crippen LogP contribution in [0.25, 0.3) is 33.0 Å². The van der Waals surface area contributed by atoms with Crippen LogP contribution in [0.5, 0.6) is 11.5 Å². The van der Waals surface area contributed by atoms with Crippen molar-refractivity contribution in [2.45, 2.75) is 33.5 Å². The average Bonchev–Trinajstić information content (AvgIpc) is 3.18. The molecule has 8 aromatic carbocycles. The average molecular weight is 770 g/mol. The second-order valence-electron chi connectivity index (χ2n) is 15.9. The summed E-state index contributed by atoms with van der Waals surface area (Å²) in [6.45, 7) is 8.84. The van der Waals surface area contributed by atoms with Crippen molar-refractivity contribution in [3.63, 3.8) is 0 Å². The number of rotatable bonds is 4. The quantitative estimate of drug-likeness (QED) is 0.166. The van der Waals surface area contributed by atoms with Crippen molar-refractivity contribution in [3.05, 3.63) is 174 Å². The Morgan fingerprint density at radius 1 is 0.400 bits per heavy atom. The van der Waals surface area contributed by atoms with Crippen LogP contribution in [0.3, 0.4) is 0 Å². The van der Waals surface area contributed by atoms with Crippen molar-refractivity contribution in [2.24, 2.45) is 0 Å². The first-order chi connectivity index (χ1) is 26.8. The summed E-state index contributed by atoms with van der Waals surface area (Å²) in [5.41, 5.74) is 17.3. The van der Waals surface area contributed by atoms with Gasteiger partial charge in [-0.1, -0.05) is 18.2 Å². The predicted octanol–water partition coefficient (Wildman–Crippen LogP) is 12.2. The molecule has 55 heavy (non-hydrogen) atoms. The van der Waals surface area contributed by atoms with Gasteiger partial charge in [0.15, 0.2) is 0 Å². The van der Waals surface area contributed by atoms with E-state index >= 15 is 0 Å². The number of ether oxygens (including phenoxy) is 1. The Balaban J connectivity index is 1.20. The number of nitrogens with zero attached hydrogens (tertiary/aromatic N) is 2. The first-order valence-corrected chi connectivity index (χ1v) is 24.5. The summed E-state index contributed by atoms with van der Waals surface area (Å²) in [6, 6.07) is 56.6. The molecule has 1 unspecified atom stereocenters. The third kappa shape index (κ3) is 4.63. The van der Waals surface area contributed by atoms with Gasteiger partial charge in [0.25, 0.3) is 0 Å². The summed E-state index contributed by atoms with van der Waals surface area (Å²) in [5.74, 6) is 4.67. The van der Waals surface area contributed by atoms with Gasteiger partial charge >= 0.3 is 309 Å². The molecule has 0 radical (unpaired) electrons. The van der Waals surface area contributed by atoms with Crippen molar-refractivity contribution < 1.29 is 4.74 Å². The molecule has 8 aromatic rings. The fourth-order valence-electron chi connectivity index (χ4n) is 9.81. The fourth-order valence-corrected chi connectivity index (χ4v) is 19.8. The van der Waals surface area contributed by atoms with Crippen molar-refractivity contribution in [1.29, 1.82) is 0 Å². The zero-order chi connectivity index (χ0) is 37.2. The van der Waals surface area contributed by atoms with E-state index in [1.165, 1.54) is 103 Å². The molecule has 3 nitrogen and oxygen atoms in total. The molecule has 0 spiro atoms. The summed E-state index contributed by atoms with van der Waals surface area (Å²) in [5, 5.41) is 2.47. The minimum absolute atomic E-state index is 1.02. The standard InChI is InChI=1S/C51H40GeN2O/c1-31-18-20-38(21-19-31)53-43-24-32(2)25-44-49(43)52(5)50-45(53)26-33(3)28-47(50)55-48-29-34(4)27-46(51(48)52)54(44)42-23-22-39(40-16-9-10-17-41(40)42)37-15-11-14-36(30-37)35-12-7-6-8-13-35/h6-30H,1-5H3. The zero-order valence-corrected chi connectivity index (χ0v) is 33.8. The Hall–Kier alpha value is -6.04. The first kappa shape index (κ1) is 32.4. The first-order valence-electron chi connectivity index (χ1n) is 19.3. The molecule has 0 N–H and O–H groups in total. The van der Waals surface area contributed by atoms with Gasteiger partial charge in [-0.2, -0.15) is 0 Å². The van der Waals surface area contributed by atoms with Crippen molar-refractivity contribution in [2.75, 3.05) is 9.80 Å². The van der Waals surface area contributed by atoms with E-state index in [1.54, 1.807) is 0 Å². The van der Waals surface area contributed by atoms with E-state index in [-0.39, 0.29) is 0 Å². The third-order valence-electron chi connectivity index (χ3n) is 12.1. The Bertz CT molecular complexity index is 2910. The molecule has 4 heteroatoms. The van der Waals surface area contributed by atoms with E-state index in [1.807, 2.05) is 0 Å². The van der Waals surface area contributed by atoms with Crippen molar-refractivity contribution in [1.82, 2.24) is 0 Å². The molecule has 0 bridgehead atoms. The molecule has 0 amide bonds. The number of anilines is 6. The number of hydrogen-bond donors (Lipinski definition) is 0. The molecular weight excluding hydrogens is 729 g/mol. The maximum absolute atomic E-state index is 7.09. The van der Waals surface area contributed by atoms with E-state index in [9.17, 15) is 0 Å². The molecule has 0 aliphatic carbocycles. The van der Waals surface area contributed by atoms with Gasteiger partial charge in [0.05, 0.1) is 0 Å². The van der Waals surface area contributed by atoms with Crippen LogP contribution >= 0.6 is 0 Å². The second-order valence-corrected chi connectivity index (χ2v) is 23.7. The summed E-state index contributed by atoms with van der Waals surface area (Å²) in [7, 11) is 0. The van der Waals surface area contributed by atoms with Crippen molar-refractivity contribution in [3.8, 4) is 33.8 Å². The molecule has 3 heterocycles. The number of hydrogen-bond acceptors (Lipinski definition) is 3. The molecule has 0 fully saturated rings. The van der Waals surface area contributed by atoms with Crippen molar-refractivity contribution >= 4 is 71.4 Å². The van der Waals surface area contributed by atoms with E-state index in [2.05, 4.69) is 195 Å².